The van der Waals surface area contributed by atoms with E-state index in [9.17, 15) is 4.79 Å². The molecule has 0 radical (unpaired) electrons. The Morgan fingerprint density at radius 3 is 2.86 bits per heavy atom. The van der Waals surface area contributed by atoms with Gasteiger partial charge in [-0.15, -0.1) is 5.10 Å². The molecule has 0 fully saturated rings. The quantitative estimate of drug-likeness (QED) is 0.568. The number of carbonyl (C=O) groups excluding carboxylic acids is 1. The zero-order valence-corrected chi connectivity index (χ0v) is 13.6. The first-order valence-electron chi connectivity index (χ1n) is 7.54. The second kappa shape index (κ2) is 9.19. The number of unbranched alkanes of at least 4 members (excludes halogenated alkanes) is 1. The third-order valence-corrected chi connectivity index (χ3v) is 4.08. The third kappa shape index (κ3) is 5.14. The van der Waals surface area contributed by atoms with Crippen molar-refractivity contribution in [2.75, 3.05) is 12.3 Å². The van der Waals surface area contributed by atoms with Gasteiger partial charge in [0.1, 0.15) is 0 Å². The smallest absolute Gasteiger partial charge is 0.220 e. The number of tetrazole rings is 1. The number of carbonyl (C=O) groups is 1. The topological polar surface area (TPSA) is 72.7 Å². The molecule has 1 aromatic heterocycles. The standard InChI is InChI=1S/C15H21N5OS/c1-2-3-11-16-14(21)10-7-12-22-15-17-18-19-20(15)13-8-5-4-6-9-13/h4-6,8-9H,2-3,7,10-12H2,1H3,(H,16,21). The molecular weight excluding hydrogens is 298 g/mol. The van der Waals surface area contributed by atoms with Crippen LogP contribution in [0.15, 0.2) is 35.5 Å². The molecule has 22 heavy (non-hydrogen) atoms. The van der Waals surface area contributed by atoms with E-state index in [1.807, 2.05) is 30.3 Å². The lowest BCUT2D eigenvalue weighted by Gasteiger charge is -2.05. The Morgan fingerprint density at radius 1 is 1.27 bits per heavy atom. The van der Waals surface area contributed by atoms with Crippen LogP contribution in [0.1, 0.15) is 32.6 Å². The summed E-state index contributed by atoms with van der Waals surface area (Å²) in [6.45, 7) is 2.88. The molecule has 0 unspecified atom stereocenters. The van der Waals surface area contributed by atoms with E-state index < -0.39 is 0 Å². The molecule has 0 aliphatic carbocycles. The lowest BCUT2D eigenvalue weighted by Crippen LogP contribution is -2.24. The van der Waals surface area contributed by atoms with Gasteiger partial charge in [-0.25, -0.2) is 0 Å². The summed E-state index contributed by atoms with van der Waals surface area (Å²) >= 11 is 1.57. The van der Waals surface area contributed by atoms with Gasteiger partial charge in [-0.3, -0.25) is 4.79 Å². The van der Waals surface area contributed by atoms with E-state index in [2.05, 4.69) is 27.8 Å². The Kier molecular flexibility index (Phi) is 6.89. The summed E-state index contributed by atoms with van der Waals surface area (Å²) < 4.78 is 1.71. The van der Waals surface area contributed by atoms with Crippen LogP contribution in [0.2, 0.25) is 0 Å². The van der Waals surface area contributed by atoms with E-state index in [0.29, 0.717) is 6.42 Å². The molecule has 1 heterocycles. The zero-order chi connectivity index (χ0) is 15.6. The zero-order valence-electron chi connectivity index (χ0n) is 12.7. The van der Waals surface area contributed by atoms with E-state index in [-0.39, 0.29) is 5.91 Å². The molecule has 0 bridgehead atoms. The lowest BCUT2D eigenvalue weighted by atomic mass is 10.3. The van der Waals surface area contributed by atoms with Gasteiger partial charge in [0.25, 0.3) is 0 Å². The van der Waals surface area contributed by atoms with E-state index in [0.717, 1.165) is 42.4 Å². The molecule has 0 aliphatic rings. The summed E-state index contributed by atoms with van der Waals surface area (Å²) in [5, 5.41) is 15.4. The minimum Gasteiger partial charge on any atom is -0.356 e. The number of nitrogens with zero attached hydrogens (tertiary/aromatic N) is 4. The first kappa shape index (κ1) is 16.5. The number of hydrogen-bond acceptors (Lipinski definition) is 5. The number of aromatic nitrogens is 4. The average Bonchev–Trinajstić information content (AvgIpc) is 3.01. The van der Waals surface area contributed by atoms with Crippen molar-refractivity contribution >= 4 is 17.7 Å². The fourth-order valence-electron chi connectivity index (χ4n) is 1.89. The molecule has 2 rings (SSSR count). The molecule has 118 valence electrons. The van der Waals surface area contributed by atoms with Crippen LogP contribution in [-0.2, 0) is 4.79 Å². The number of rotatable bonds is 9. The van der Waals surface area contributed by atoms with Gasteiger partial charge in [-0.05, 0) is 35.4 Å². The number of benzene rings is 1. The van der Waals surface area contributed by atoms with Crippen molar-refractivity contribution < 1.29 is 4.79 Å². The predicted octanol–water partition coefficient (Wildman–Crippen LogP) is 2.45. The summed E-state index contributed by atoms with van der Waals surface area (Å²) in [7, 11) is 0. The van der Waals surface area contributed by atoms with Crippen molar-refractivity contribution in [1.82, 2.24) is 25.5 Å². The average molecular weight is 319 g/mol. The van der Waals surface area contributed by atoms with Crippen molar-refractivity contribution in [3.8, 4) is 5.69 Å². The molecule has 6 nitrogen and oxygen atoms in total. The Labute approximate surface area is 134 Å². The second-order valence-electron chi connectivity index (χ2n) is 4.86. The fourth-order valence-corrected chi connectivity index (χ4v) is 2.72. The number of nitrogens with one attached hydrogen (secondary N) is 1. The molecule has 1 amide bonds. The molecule has 0 saturated carbocycles. The SMILES string of the molecule is CCCCNC(=O)CCCSc1nnnn1-c1ccccc1. The highest BCUT2D eigenvalue weighted by atomic mass is 32.2. The number of hydrogen-bond donors (Lipinski definition) is 1. The highest BCUT2D eigenvalue weighted by Crippen LogP contribution is 2.19. The van der Waals surface area contributed by atoms with Crippen LogP contribution >= 0.6 is 11.8 Å². The normalized spacial score (nSPS) is 10.6. The van der Waals surface area contributed by atoms with Crippen LogP contribution in [0.5, 0.6) is 0 Å². The maximum absolute atomic E-state index is 11.6. The van der Waals surface area contributed by atoms with Crippen molar-refractivity contribution in [2.24, 2.45) is 0 Å². The van der Waals surface area contributed by atoms with Gasteiger partial charge in [0.2, 0.25) is 11.1 Å². The van der Waals surface area contributed by atoms with E-state index in [1.165, 1.54) is 0 Å². The maximum atomic E-state index is 11.6. The summed E-state index contributed by atoms with van der Waals surface area (Å²) in [6, 6.07) is 9.78. The Bertz CT molecular complexity index is 572. The van der Waals surface area contributed by atoms with Crippen LogP contribution < -0.4 is 5.32 Å². The Hall–Kier alpha value is -1.89. The number of thioether (sulfide) groups is 1. The summed E-state index contributed by atoms with van der Waals surface area (Å²) in [4.78, 5) is 11.6. The summed E-state index contributed by atoms with van der Waals surface area (Å²) in [6.07, 6.45) is 3.48. The minimum absolute atomic E-state index is 0.122. The van der Waals surface area contributed by atoms with Crippen molar-refractivity contribution in [2.45, 2.75) is 37.8 Å². The van der Waals surface area contributed by atoms with E-state index in [4.69, 9.17) is 0 Å². The molecule has 0 aliphatic heterocycles. The molecule has 0 saturated heterocycles. The van der Waals surface area contributed by atoms with Crippen LogP contribution in [0.25, 0.3) is 5.69 Å². The first-order valence-corrected chi connectivity index (χ1v) is 8.53. The maximum Gasteiger partial charge on any atom is 0.220 e. The number of amides is 1. The summed E-state index contributed by atoms with van der Waals surface area (Å²) in [5.74, 6) is 0.936. The van der Waals surface area contributed by atoms with Crippen molar-refractivity contribution in [1.29, 1.82) is 0 Å². The van der Waals surface area contributed by atoms with Gasteiger partial charge in [-0.1, -0.05) is 43.3 Å². The molecule has 2 aromatic rings. The number of para-hydroxylation sites is 1. The minimum atomic E-state index is 0.122. The van der Waals surface area contributed by atoms with Crippen LogP contribution in [-0.4, -0.2) is 38.4 Å². The molecular formula is C15H21N5OS. The fraction of sp³-hybridized carbons (Fsp3) is 0.467. The van der Waals surface area contributed by atoms with Gasteiger partial charge >= 0.3 is 0 Å². The van der Waals surface area contributed by atoms with Crippen molar-refractivity contribution in [3.05, 3.63) is 30.3 Å². The predicted molar refractivity (Wildman–Crippen MR) is 87.0 cm³/mol. The van der Waals surface area contributed by atoms with Gasteiger partial charge in [0, 0.05) is 18.7 Å². The van der Waals surface area contributed by atoms with Crippen molar-refractivity contribution in [3.63, 3.8) is 0 Å². The molecule has 1 N–H and O–H groups in total. The monoisotopic (exact) mass is 319 g/mol. The Balaban J connectivity index is 1.74. The highest BCUT2D eigenvalue weighted by Gasteiger charge is 2.08. The van der Waals surface area contributed by atoms with Gasteiger partial charge in [0.15, 0.2) is 0 Å². The van der Waals surface area contributed by atoms with Gasteiger partial charge in [-0.2, -0.15) is 4.68 Å². The van der Waals surface area contributed by atoms with Crippen LogP contribution in [0.4, 0.5) is 0 Å². The molecule has 0 atom stereocenters. The molecule has 0 spiro atoms. The molecule has 7 heteroatoms. The largest absolute Gasteiger partial charge is 0.356 e. The van der Waals surface area contributed by atoms with E-state index >= 15 is 0 Å². The van der Waals surface area contributed by atoms with Gasteiger partial charge < -0.3 is 5.32 Å². The second-order valence-corrected chi connectivity index (χ2v) is 5.93. The van der Waals surface area contributed by atoms with E-state index in [1.54, 1.807) is 16.4 Å². The summed E-state index contributed by atoms with van der Waals surface area (Å²) in [5.41, 5.74) is 0.937. The third-order valence-electron chi connectivity index (χ3n) is 3.07. The Morgan fingerprint density at radius 2 is 2.09 bits per heavy atom. The van der Waals surface area contributed by atoms with Crippen LogP contribution in [0, 0.1) is 0 Å². The lowest BCUT2D eigenvalue weighted by molar-refractivity contribution is -0.121. The highest BCUT2D eigenvalue weighted by molar-refractivity contribution is 7.99. The first-order chi connectivity index (χ1) is 10.8. The van der Waals surface area contributed by atoms with Crippen LogP contribution in [0.3, 0.4) is 0 Å². The molecule has 1 aromatic carbocycles. The van der Waals surface area contributed by atoms with Gasteiger partial charge in [0.05, 0.1) is 5.69 Å².